The average Bonchev–Trinajstić information content (AvgIpc) is 2.37. The SMILES string of the molecule is CCOC(=O)C(O)[C@H](N)Cc1ccccc1C(F)(F)F. The van der Waals surface area contributed by atoms with E-state index in [0.29, 0.717) is 0 Å². The van der Waals surface area contributed by atoms with E-state index in [2.05, 4.69) is 4.74 Å². The van der Waals surface area contributed by atoms with Crippen molar-refractivity contribution in [3.8, 4) is 0 Å². The summed E-state index contributed by atoms with van der Waals surface area (Å²) in [5.74, 6) is -0.940. The third-order valence-electron chi connectivity index (χ3n) is 2.71. The lowest BCUT2D eigenvalue weighted by atomic mass is 9.97. The van der Waals surface area contributed by atoms with Gasteiger partial charge in [0.25, 0.3) is 0 Å². The lowest BCUT2D eigenvalue weighted by Gasteiger charge is -2.19. The van der Waals surface area contributed by atoms with Crippen LogP contribution in [0.4, 0.5) is 13.2 Å². The van der Waals surface area contributed by atoms with Crippen LogP contribution in [-0.4, -0.2) is 29.8 Å². The number of esters is 1. The van der Waals surface area contributed by atoms with E-state index in [1.54, 1.807) is 6.92 Å². The Labute approximate surface area is 114 Å². The summed E-state index contributed by atoms with van der Waals surface area (Å²) in [5, 5.41) is 9.59. The predicted octanol–water partition coefficient (Wildman–Crippen LogP) is 1.50. The molecule has 3 N–H and O–H groups in total. The minimum atomic E-state index is -4.51. The van der Waals surface area contributed by atoms with Crippen LogP contribution in [-0.2, 0) is 22.1 Å². The summed E-state index contributed by atoms with van der Waals surface area (Å²) in [6.07, 6.45) is -6.45. The Morgan fingerprint density at radius 3 is 2.55 bits per heavy atom. The third-order valence-corrected chi connectivity index (χ3v) is 2.71. The first-order valence-corrected chi connectivity index (χ1v) is 6.02. The molecule has 1 unspecified atom stereocenters. The van der Waals surface area contributed by atoms with Gasteiger partial charge in [-0.15, -0.1) is 0 Å². The van der Waals surface area contributed by atoms with Crippen molar-refractivity contribution in [3.05, 3.63) is 35.4 Å². The van der Waals surface area contributed by atoms with E-state index in [1.165, 1.54) is 18.2 Å². The van der Waals surface area contributed by atoms with Crippen LogP contribution in [0.5, 0.6) is 0 Å². The molecule has 0 radical (unpaired) electrons. The topological polar surface area (TPSA) is 72.5 Å². The highest BCUT2D eigenvalue weighted by Gasteiger charge is 2.34. The van der Waals surface area contributed by atoms with Gasteiger partial charge in [0.05, 0.1) is 12.2 Å². The Kier molecular flexibility index (Phi) is 5.52. The second kappa shape index (κ2) is 6.71. The number of halogens is 3. The molecule has 0 aliphatic rings. The van der Waals surface area contributed by atoms with Gasteiger partial charge in [0, 0.05) is 6.04 Å². The van der Waals surface area contributed by atoms with E-state index < -0.39 is 29.9 Å². The van der Waals surface area contributed by atoms with Gasteiger partial charge < -0.3 is 15.6 Å². The van der Waals surface area contributed by atoms with E-state index in [-0.39, 0.29) is 18.6 Å². The molecule has 0 bridgehead atoms. The van der Waals surface area contributed by atoms with Crippen LogP contribution in [0.2, 0.25) is 0 Å². The average molecular weight is 291 g/mol. The van der Waals surface area contributed by atoms with Crippen LogP contribution < -0.4 is 5.73 Å². The highest BCUT2D eigenvalue weighted by Crippen LogP contribution is 2.32. The van der Waals surface area contributed by atoms with Crippen molar-refractivity contribution in [1.29, 1.82) is 0 Å². The summed E-state index contributed by atoms with van der Waals surface area (Å²) >= 11 is 0. The van der Waals surface area contributed by atoms with Crippen molar-refractivity contribution in [2.24, 2.45) is 5.73 Å². The lowest BCUT2D eigenvalue weighted by Crippen LogP contribution is -2.43. The van der Waals surface area contributed by atoms with Gasteiger partial charge in [-0.25, -0.2) is 4.79 Å². The van der Waals surface area contributed by atoms with Gasteiger partial charge in [-0.2, -0.15) is 13.2 Å². The van der Waals surface area contributed by atoms with Gasteiger partial charge in [0.15, 0.2) is 6.10 Å². The van der Waals surface area contributed by atoms with Crippen LogP contribution in [0, 0.1) is 0 Å². The number of carbonyl (C=O) groups excluding carboxylic acids is 1. The first-order valence-electron chi connectivity index (χ1n) is 6.02. The van der Waals surface area contributed by atoms with Crippen LogP contribution >= 0.6 is 0 Å². The fourth-order valence-corrected chi connectivity index (χ4v) is 1.74. The van der Waals surface area contributed by atoms with Crippen LogP contribution in [0.15, 0.2) is 24.3 Å². The molecule has 1 rings (SSSR count). The Morgan fingerprint density at radius 2 is 2.00 bits per heavy atom. The predicted molar refractivity (Wildman–Crippen MR) is 65.8 cm³/mol. The molecular weight excluding hydrogens is 275 g/mol. The van der Waals surface area contributed by atoms with Gasteiger partial charge in [-0.1, -0.05) is 18.2 Å². The van der Waals surface area contributed by atoms with Crippen molar-refractivity contribution < 1.29 is 27.8 Å². The maximum absolute atomic E-state index is 12.8. The number of alkyl halides is 3. The Balaban J connectivity index is 2.86. The Hall–Kier alpha value is -1.60. The van der Waals surface area contributed by atoms with Crippen LogP contribution in [0.1, 0.15) is 18.1 Å². The molecule has 20 heavy (non-hydrogen) atoms. The molecule has 0 aliphatic heterocycles. The molecule has 0 saturated heterocycles. The summed E-state index contributed by atoms with van der Waals surface area (Å²) in [6.45, 7) is 1.61. The molecular formula is C13H16F3NO3. The number of nitrogens with two attached hydrogens (primary N) is 1. The number of rotatable bonds is 5. The largest absolute Gasteiger partial charge is 0.464 e. The zero-order valence-electron chi connectivity index (χ0n) is 10.9. The zero-order chi connectivity index (χ0) is 15.3. The summed E-state index contributed by atoms with van der Waals surface area (Å²) < 4.78 is 42.9. The molecule has 0 aromatic heterocycles. The molecule has 1 aromatic carbocycles. The van der Waals surface area contributed by atoms with Crippen LogP contribution in [0.25, 0.3) is 0 Å². The molecule has 7 heteroatoms. The minimum absolute atomic E-state index is 0.0573. The fourth-order valence-electron chi connectivity index (χ4n) is 1.74. The fraction of sp³-hybridized carbons (Fsp3) is 0.462. The molecule has 0 fully saturated rings. The maximum atomic E-state index is 12.8. The van der Waals surface area contributed by atoms with Crippen LogP contribution in [0.3, 0.4) is 0 Å². The minimum Gasteiger partial charge on any atom is -0.464 e. The van der Waals surface area contributed by atoms with Gasteiger partial charge in [0.1, 0.15) is 0 Å². The number of aliphatic hydroxyl groups is 1. The molecule has 0 amide bonds. The van der Waals surface area contributed by atoms with E-state index in [0.717, 1.165) is 6.07 Å². The molecule has 0 heterocycles. The molecule has 0 spiro atoms. The van der Waals surface area contributed by atoms with Gasteiger partial charge in [0.2, 0.25) is 0 Å². The van der Waals surface area contributed by atoms with Crippen molar-refractivity contribution in [1.82, 2.24) is 0 Å². The van der Waals surface area contributed by atoms with E-state index in [4.69, 9.17) is 5.73 Å². The van der Waals surface area contributed by atoms with Crippen molar-refractivity contribution in [2.75, 3.05) is 6.61 Å². The highest BCUT2D eigenvalue weighted by molar-refractivity contribution is 5.75. The molecule has 4 nitrogen and oxygen atoms in total. The zero-order valence-corrected chi connectivity index (χ0v) is 10.9. The third kappa shape index (κ3) is 4.21. The monoisotopic (exact) mass is 291 g/mol. The Morgan fingerprint density at radius 1 is 1.40 bits per heavy atom. The second-order valence-corrected chi connectivity index (χ2v) is 4.22. The quantitative estimate of drug-likeness (QED) is 0.806. The number of hydrogen-bond acceptors (Lipinski definition) is 4. The first kappa shape index (κ1) is 16.5. The van der Waals surface area contributed by atoms with Gasteiger partial charge in [-0.3, -0.25) is 0 Å². The number of hydrogen-bond donors (Lipinski definition) is 2. The molecule has 112 valence electrons. The molecule has 1 aromatic rings. The number of aliphatic hydroxyl groups excluding tert-OH is 1. The summed E-state index contributed by atoms with van der Waals surface area (Å²) in [5.41, 5.74) is 4.67. The summed E-state index contributed by atoms with van der Waals surface area (Å²) in [4.78, 5) is 11.3. The highest BCUT2D eigenvalue weighted by atomic mass is 19.4. The van der Waals surface area contributed by atoms with Crippen molar-refractivity contribution in [2.45, 2.75) is 31.7 Å². The normalized spacial score (nSPS) is 14.7. The standard InChI is InChI=1S/C13H16F3NO3/c1-2-20-12(19)11(18)10(17)7-8-5-3-4-6-9(8)13(14,15)16/h3-6,10-11,18H,2,7,17H2,1H3/t10-,11?/m1/s1. The smallest absolute Gasteiger partial charge is 0.416 e. The molecule has 0 saturated carbocycles. The maximum Gasteiger partial charge on any atom is 0.416 e. The second-order valence-electron chi connectivity index (χ2n) is 4.22. The lowest BCUT2D eigenvalue weighted by molar-refractivity contribution is -0.154. The van der Waals surface area contributed by atoms with E-state index >= 15 is 0 Å². The summed E-state index contributed by atoms with van der Waals surface area (Å²) in [6, 6.07) is 3.73. The number of ether oxygens (including phenoxy) is 1. The number of benzene rings is 1. The van der Waals surface area contributed by atoms with Gasteiger partial charge >= 0.3 is 12.1 Å². The van der Waals surface area contributed by atoms with Crippen molar-refractivity contribution in [3.63, 3.8) is 0 Å². The summed E-state index contributed by atoms with van der Waals surface area (Å²) in [7, 11) is 0. The van der Waals surface area contributed by atoms with Gasteiger partial charge in [-0.05, 0) is 25.0 Å². The van der Waals surface area contributed by atoms with E-state index in [9.17, 15) is 23.1 Å². The van der Waals surface area contributed by atoms with E-state index in [1.807, 2.05) is 0 Å². The van der Waals surface area contributed by atoms with Crippen molar-refractivity contribution >= 4 is 5.97 Å². The molecule has 2 atom stereocenters. The number of carbonyl (C=O) groups is 1. The Bertz CT molecular complexity index is 462. The first-order chi connectivity index (χ1) is 9.27. The molecule has 0 aliphatic carbocycles.